The minimum Gasteiger partial charge on any atom is -0.481 e. The Kier molecular flexibility index (Phi) is 2.27. The fraction of sp³-hybridized carbons (Fsp3) is 0.700. The highest BCUT2D eigenvalue weighted by Crippen LogP contribution is 2.42. The van der Waals surface area contributed by atoms with E-state index in [9.17, 15) is 4.79 Å². The highest BCUT2D eigenvalue weighted by atomic mass is 16.4. The molecule has 0 atom stereocenters. The van der Waals surface area contributed by atoms with Crippen molar-refractivity contribution in [3.05, 3.63) is 11.1 Å². The average molecular weight is 168 g/mol. The van der Waals surface area contributed by atoms with Crippen LogP contribution in [0.3, 0.4) is 0 Å². The lowest BCUT2D eigenvalue weighted by Crippen LogP contribution is -2.07. The number of carboxylic acid groups (broad SMARTS) is 1. The molecular weight excluding hydrogens is 152 g/mol. The Morgan fingerprint density at radius 2 is 2.17 bits per heavy atom. The van der Waals surface area contributed by atoms with E-state index in [1.54, 1.807) is 0 Å². The minimum absolute atomic E-state index is 0.227. The molecule has 0 aromatic heterocycles. The predicted molar refractivity (Wildman–Crippen MR) is 48.0 cm³/mol. The van der Waals surface area contributed by atoms with Gasteiger partial charge in [0.1, 0.15) is 0 Å². The molecule has 0 radical (unpaired) electrons. The first-order valence-electron chi connectivity index (χ1n) is 4.34. The lowest BCUT2D eigenvalue weighted by molar-refractivity contribution is -0.136. The van der Waals surface area contributed by atoms with Crippen molar-refractivity contribution in [1.29, 1.82) is 0 Å². The van der Waals surface area contributed by atoms with Gasteiger partial charge in [-0.25, -0.2) is 0 Å². The molecule has 0 heterocycles. The van der Waals surface area contributed by atoms with Crippen molar-refractivity contribution >= 4 is 5.97 Å². The molecule has 1 N–H and O–H groups in total. The third kappa shape index (κ3) is 1.68. The van der Waals surface area contributed by atoms with E-state index in [-0.39, 0.29) is 11.8 Å². The molecule has 0 bridgehead atoms. The van der Waals surface area contributed by atoms with Crippen molar-refractivity contribution in [3.8, 4) is 0 Å². The maximum absolute atomic E-state index is 10.5. The van der Waals surface area contributed by atoms with E-state index in [1.165, 1.54) is 5.57 Å². The summed E-state index contributed by atoms with van der Waals surface area (Å²) in [5, 5.41) is 8.63. The van der Waals surface area contributed by atoms with Gasteiger partial charge in [0, 0.05) is 0 Å². The van der Waals surface area contributed by atoms with Crippen molar-refractivity contribution in [2.24, 2.45) is 5.41 Å². The van der Waals surface area contributed by atoms with Crippen molar-refractivity contribution in [1.82, 2.24) is 0 Å². The summed E-state index contributed by atoms with van der Waals surface area (Å²) in [5.41, 5.74) is 2.64. The predicted octanol–water partition coefficient (Wildman–Crippen LogP) is 2.60. The van der Waals surface area contributed by atoms with Crippen LogP contribution >= 0.6 is 0 Å². The van der Waals surface area contributed by atoms with Gasteiger partial charge in [-0.05, 0) is 25.2 Å². The number of carbonyl (C=O) groups is 1. The monoisotopic (exact) mass is 168 g/mol. The van der Waals surface area contributed by atoms with Gasteiger partial charge in [-0.3, -0.25) is 4.79 Å². The molecule has 0 fully saturated rings. The Hall–Kier alpha value is -0.790. The number of hydrogen-bond donors (Lipinski definition) is 1. The smallest absolute Gasteiger partial charge is 0.307 e. The van der Waals surface area contributed by atoms with Crippen LogP contribution in [0, 0.1) is 5.41 Å². The first-order valence-corrected chi connectivity index (χ1v) is 4.34. The van der Waals surface area contributed by atoms with Crippen LogP contribution in [0.15, 0.2) is 11.1 Å². The molecule has 12 heavy (non-hydrogen) atoms. The van der Waals surface area contributed by atoms with Crippen LogP contribution in [-0.2, 0) is 4.79 Å². The van der Waals surface area contributed by atoms with Gasteiger partial charge in [0.2, 0.25) is 0 Å². The summed E-state index contributed by atoms with van der Waals surface area (Å²) in [4.78, 5) is 10.5. The average Bonchev–Trinajstić information content (AvgIpc) is 2.15. The van der Waals surface area contributed by atoms with Gasteiger partial charge in [-0.2, -0.15) is 0 Å². The highest BCUT2D eigenvalue weighted by molar-refractivity contribution is 5.70. The number of carboxylic acids is 1. The summed E-state index contributed by atoms with van der Waals surface area (Å²) in [6.07, 6.45) is 2.29. The molecule has 0 aromatic carbocycles. The van der Waals surface area contributed by atoms with Gasteiger partial charge in [0.05, 0.1) is 6.42 Å². The Bertz CT molecular complexity index is 236. The van der Waals surface area contributed by atoms with E-state index in [0.29, 0.717) is 0 Å². The van der Waals surface area contributed by atoms with Crippen LogP contribution in [0.5, 0.6) is 0 Å². The summed E-state index contributed by atoms with van der Waals surface area (Å²) >= 11 is 0. The summed E-state index contributed by atoms with van der Waals surface area (Å²) < 4.78 is 0. The fourth-order valence-electron chi connectivity index (χ4n) is 1.72. The first-order chi connectivity index (χ1) is 5.43. The van der Waals surface area contributed by atoms with Gasteiger partial charge < -0.3 is 5.11 Å². The van der Waals surface area contributed by atoms with Crippen molar-refractivity contribution in [2.45, 2.75) is 40.0 Å². The molecule has 1 rings (SSSR count). The minimum atomic E-state index is -0.706. The maximum atomic E-state index is 10.5. The summed E-state index contributed by atoms with van der Waals surface area (Å²) in [5.74, 6) is -0.706. The molecular formula is C10H16O2. The molecule has 68 valence electrons. The second-order valence-corrected chi connectivity index (χ2v) is 4.18. The molecule has 1 aliphatic rings. The Morgan fingerprint density at radius 3 is 2.50 bits per heavy atom. The zero-order valence-electron chi connectivity index (χ0n) is 7.98. The lowest BCUT2D eigenvalue weighted by atomic mass is 9.86. The molecule has 0 saturated carbocycles. The standard InChI is InChI=1S/C10H16O2/c1-7-8(6-9(11)12)4-5-10(7,2)3/h4-6H2,1-3H3,(H,11,12). The fourth-order valence-corrected chi connectivity index (χ4v) is 1.72. The van der Waals surface area contributed by atoms with E-state index in [1.807, 2.05) is 0 Å². The van der Waals surface area contributed by atoms with Gasteiger partial charge in [-0.1, -0.05) is 25.0 Å². The molecule has 0 saturated heterocycles. The molecule has 0 spiro atoms. The Labute approximate surface area is 73.3 Å². The highest BCUT2D eigenvalue weighted by Gasteiger charge is 2.29. The quantitative estimate of drug-likeness (QED) is 0.643. The molecule has 0 aliphatic heterocycles. The van der Waals surface area contributed by atoms with Gasteiger partial charge in [-0.15, -0.1) is 0 Å². The van der Waals surface area contributed by atoms with Gasteiger partial charge in [0.25, 0.3) is 0 Å². The van der Waals surface area contributed by atoms with E-state index in [4.69, 9.17) is 5.11 Å². The normalized spacial score (nSPS) is 21.6. The second kappa shape index (κ2) is 2.92. The SMILES string of the molecule is CC1=C(CC(=O)O)CCC1(C)C. The third-order valence-corrected chi connectivity index (χ3v) is 2.96. The van der Waals surface area contributed by atoms with E-state index in [0.717, 1.165) is 18.4 Å². The molecule has 2 nitrogen and oxygen atoms in total. The van der Waals surface area contributed by atoms with Crippen LogP contribution < -0.4 is 0 Å². The topological polar surface area (TPSA) is 37.3 Å². The van der Waals surface area contributed by atoms with Crippen LogP contribution in [-0.4, -0.2) is 11.1 Å². The van der Waals surface area contributed by atoms with Crippen LogP contribution in [0.2, 0.25) is 0 Å². The van der Waals surface area contributed by atoms with Crippen LogP contribution in [0.4, 0.5) is 0 Å². The zero-order chi connectivity index (χ0) is 9.35. The Balaban J connectivity index is 2.78. The maximum Gasteiger partial charge on any atom is 0.307 e. The van der Waals surface area contributed by atoms with Crippen LogP contribution in [0.25, 0.3) is 0 Å². The number of hydrogen-bond acceptors (Lipinski definition) is 1. The lowest BCUT2D eigenvalue weighted by Gasteiger charge is -2.19. The Morgan fingerprint density at radius 1 is 1.58 bits per heavy atom. The first kappa shape index (κ1) is 9.30. The number of aliphatic carboxylic acids is 1. The molecule has 1 aliphatic carbocycles. The summed E-state index contributed by atoms with van der Waals surface area (Å²) in [6.45, 7) is 6.42. The van der Waals surface area contributed by atoms with Crippen molar-refractivity contribution in [3.63, 3.8) is 0 Å². The molecule has 0 aromatic rings. The third-order valence-electron chi connectivity index (χ3n) is 2.96. The van der Waals surface area contributed by atoms with E-state index < -0.39 is 5.97 Å². The second-order valence-electron chi connectivity index (χ2n) is 4.18. The van der Waals surface area contributed by atoms with E-state index in [2.05, 4.69) is 20.8 Å². The number of allylic oxidation sites excluding steroid dienone is 1. The van der Waals surface area contributed by atoms with Crippen LogP contribution in [0.1, 0.15) is 40.0 Å². The zero-order valence-corrected chi connectivity index (χ0v) is 7.98. The van der Waals surface area contributed by atoms with Crippen molar-refractivity contribution in [2.75, 3.05) is 0 Å². The van der Waals surface area contributed by atoms with Crippen molar-refractivity contribution < 1.29 is 9.90 Å². The summed E-state index contributed by atoms with van der Waals surface area (Å²) in [7, 11) is 0. The number of rotatable bonds is 2. The molecule has 2 heteroatoms. The molecule has 0 amide bonds. The largest absolute Gasteiger partial charge is 0.481 e. The van der Waals surface area contributed by atoms with E-state index >= 15 is 0 Å². The molecule has 0 unspecified atom stereocenters. The van der Waals surface area contributed by atoms with Gasteiger partial charge >= 0.3 is 5.97 Å². The summed E-state index contributed by atoms with van der Waals surface area (Å²) in [6, 6.07) is 0. The van der Waals surface area contributed by atoms with Gasteiger partial charge in [0.15, 0.2) is 0 Å².